The summed E-state index contributed by atoms with van der Waals surface area (Å²) < 4.78 is 13.5. The fourth-order valence-electron chi connectivity index (χ4n) is 4.30. The Balaban J connectivity index is 1.39. The van der Waals surface area contributed by atoms with Crippen LogP contribution in [0.15, 0.2) is 41.2 Å². The van der Waals surface area contributed by atoms with Crippen molar-refractivity contribution >= 4 is 5.91 Å². The number of hydrogen-bond donors (Lipinski definition) is 0. The number of para-hydroxylation sites is 1. The average molecular weight is 423 g/mol. The van der Waals surface area contributed by atoms with Crippen molar-refractivity contribution in [3.63, 3.8) is 0 Å². The maximum absolute atomic E-state index is 13.2. The molecule has 2 aromatic heterocycles. The molecule has 0 radical (unpaired) electrons. The maximum Gasteiger partial charge on any atom is 0.276 e. The second kappa shape index (κ2) is 9.37. The lowest BCUT2D eigenvalue weighted by Crippen LogP contribution is -2.44. The van der Waals surface area contributed by atoms with Crippen LogP contribution >= 0.6 is 0 Å². The van der Waals surface area contributed by atoms with E-state index in [1.807, 2.05) is 56.3 Å². The number of hydrogen-bond acceptors (Lipinski definition) is 5. The number of rotatable bonds is 7. The summed E-state index contributed by atoms with van der Waals surface area (Å²) >= 11 is 0. The lowest BCUT2D eigenvalue weighted by Gasteiger charge is -2.35. The number of imidazole rings is 1. The third kappa shape index (κ3) is 4.81. The fourth-order valence-corrected chi connectivity index (χ4v) is 4.30. The predicted octanol–water partition coefficient (Wildman–Crippen LogP) is 4.46. The molecule has 1 aliphatic heterocycles. The van der Waals surface area contributed by atoms with Crippen LogP contribution in [0.4, 0.5) is 0 Å². The predicted molar refractivity (Wildman–Crippen MR) is 117 cm³/mol. The number of benzene rings is 1. The number of piperidine rings is 1. The zero-order chi connectivity index (χ0) is 21.8. The van der Waals surface area contributed by atoms with Gasteiger partial charge in [-0.1, -0.05) is 23.4 Å². The first-order valence-corrected chi connectivity index (χ1v) is 11.0. The summed E-state index contributed by atoms with van der Waals surface area (Å²) in [5.41, 5.74) is 2.49. The van der Waals surface area contributed by atoms with Crippen molar-refractivity contribution in [2.24, 2.45) is 0 Å². The molecule has 4 rings (SSSR count). The summed E-state index contributed by atoms with van der Waals surface area (Å²) in [5.74, 6) is 2.33. The van der Waals surface area contributed by atoms with E-state index in [-0.39, 0.29) is 18.6 Å². The van der Waals surface area contributed by atoms with E-state index in [4.69, 9.17) is 9.26 Å². The standard InChI is InChI=1S/C24H30N4O3/c1-17-7-6-8-18(2)23(17)30-16-21-15-22(26-31-21)24(29)28-12-5-4-9-20(28)10-13-27-14-11-25-19(27)3/h6-8,11,14-15,20H,4-5,9-10,12-13,16H2,1-3H3/t20-/m1/s1. The zero-order valence-corrected chi connectivity index (χ0v) is 18.5. The van der Waals surface area contributed by atoms with Crippen molar-refractivity contribution in [1.29, 1.82) is 0 Å². The van der Waals surface area contributed by atoms with Gasteiger partial charge < -0.3 is 18.7 Å². The molecular weight excluding hydrogens is 392 g/mol. The summed E-state index contributed by atoms with van der Waals surface area (Å²) in [4.78, 5) is 19.4. The molecule has 31 heavy (non-hydrogen) atoms. The van der Waals surface area contributed by atoms with E-state index in [0.717, 1.165) is 61.5 Å². The van der Waals surface area contributed by atoms with Crippen molar-refractivity contribution in [3.05, 3.63) is 65.1 Å². The van der Waals surface area contributed by atoms with Gasteiger partial charge in [0.05, 0.1) is 0 Å². The lowest BCUT2D eigenvalue weighted by atomic mass is 9.98. The summed E-state index contributed by atoms with van der Waals surface area (Å²) in [6, 6.07) is 7.95. The average Bonchev–Trinajstić information content (AvgIpc) is 3.40. The van der Waals surface area contributed by atoms with Crippen LogP contribution in [0.25, 0.3) is 0 Å². The molecule has 1 atom stereocenters. The van der Waals surface area contributed by atoms with Crippen molar-refractivity contribution in [3.8, 4) is 5.75 Å². The highest BCUT2D eigenvalue weighted by Gasteiger charge is 2.29. The fraction of sp³-hybridized carbons (Fsp3) is 0.458. The van der Waals surface area contributed by atoms with Gasteiger partial charge in [-0.25, -0.2) is 4.98 Å². The molecule has 1 amide bonds. The summed E-state index contributed by atoms with van der Waals surface area (Å²) in [5, 5.41) is 4.05. The van der Waals surface area contributed by atoms with Gasteiger partial charge in [0.15, 0.2) is 11.5 Å². The minimum absolute atomic E-state index is 0.0610. The van der Waals surface area contributed by atoms with E-state index < -0.39 is 0 Å². The zero-order valence-electron chi connectivity index (χ0n) is 18.5. The van der Waals surface area contributed by atoms with Gasteiger partial charge in [-0.05, 0) is 57.6 Å². The molecule has 0 aliphatic carbocycles. The molecular formula is C24H30N4O3. The largest absolute Gasteiger partial charge is 0.485 e. The lowest BCUT2D eigenvalue weighted by molar-refractivity contribution is 0.0584. The first kappa shape index (κ1) is 21.2. The normalized spacial score (nSPS) is 16.5. The molecule has 7 nitrogen and oxygen atoms in total. The maximum atomic E-state index is 13.2. The Hall–Kier alpha value is -3.09. The Morgan fingerprint density at radius 1 is 1.23 bits per heavy atom. The van der Waals surface area contributed by atoms with E-state index in [1.165, 1.54) is 0 Å². The second-order valence-electron chi connectivity index (χ2n) is 8.29. The van der Waals surface area contributed by atoms with Crippen LogP contribution in [0, 0.1) is 20.8 Å². The molecule has 0 bridgehead atoms. The van der Waals surface area contributed by atoms with Crippen LogP contribution in [-0.2, 0) is 13.2 Å². The molecule has 1 saturated heterocycles. The van der Waals surface area contributed by atoms with Crippen molar-refractivity contribution < 1.29 is 14.1 Å². The molecule has 1 aromatic carbocycles. The third-order valence-electron chi connectivity index (χ3n) is 6.06. The van der Waals surface area contributed by atoms with Gasteiger partial charge in [-0.2, -0.15) is 0 Å². The number of nitrogens with zero attached hydrogens (tertiary/aromatic N) is 4. The van der Waals surface area contributed by atoms with Crippen molar-refractivity contribution in [1.82, 2.24) is 19.6 Å². The van der Waals surface area contributed by atoms with Crippen LogP contribution in [0.2, 0.25) is 0 Å². The van der Waals surface area contributed by atoms with Gasteiger partial charge >= 0.3 is 0 Å². The highest BCUT2D eigenvalue weighted by molar-refractivity contribution is 5.92. The van der Waals surface area contributed by atoms with Crippen molar-refractivity contribution in [2.75, 3.05) is 6.54 Å². The number of aryl methyl sites for hydroxylation is 4. The molecule has 0 saturated carbocycles. The van der Waals surface area contributed by atoms with Gasteiger partial charge in [0.1, 0.15) is 18.2 Å². The second-order valence-corrected chi connectivity index (χ2v) is 8.29. The molecule has 1 fully saturated rings. The molecule has 0 spiro atoms. The van der Waals surface area contributed by atoms with E-state index in [2.05, 4.69) is 14.7 Å². The SMILES string of the molecule is Cc1cccc(C)c1OCc1cc(C(=O)N2CCCC[C@@H]2CCn2ccnc2C)no1. The Bertz CT molecular complexity index is 1020. The number of carbonyl (C=O) groups is 1. The van der Waals surface area contributed by atoms with E-state index >= 15 is 0 Å². The molecule has 0 N–H and O–H groups in total. The third-order valence-corrected chi connectivity index (χ3v) is 6.06. The molecule has 7 heteroatoms. The molecule has 0 unspecified atom stereocenters. The molecule has 3 heterocycles. The van der Waals surface area contributed by atoms with Crippen LogP contribution in [0.3, 0.4) is 0 Å². The number of ether oxygens (including phenoxy) is 1. The molecule has 3 aromatic rings. The van der Waals surface area contributed by atoms with Gasteiger partial charge in [0.25, 0.3) is 5.91 Å². The Morgan fingerprint density at radius 2 is 2.03 bits per heavy atom. The first-order valence-electron chi connectivity index (χ1n) is 11.0. The Morgan fingerprint density at radius 3 is 2.77 bits per heavy atom. The topological polar surface area (TPSA) is 73.4 Å². The van der Waals surface area contributed by atoms with Gasteiger partial charge in [0.2, 0.25) is 0 Å². The van der Waals surface area contributed by atoms with Crippen LogP contribution in [0.1, 0.15) is 58.9 Å². The molecule has 1 aliphatic rings. The minimum Gasteiger partial charge on any atom is -0.485 e. The summed E-state index contributed by atoms with van der Waals surface area (Å²) in [7, 11) is 0. The smallest absolute Gasteiger partial charge is 0.276 e. The summed E-state index contributed by atoms with van der Waals surface area (Å²) in [6.07, 6.45) is 7.89. The number of amides is 1. The highest BCUT2D eigenvalue weighted by atomic mass is 16.5. The van der Waals surface area contributed by atoms with E-state index in [0.29, 0.717) is 11.5 Å². The highest BCUT2D eigenvalue weighted by Crippen LogP contribution is 2.25. The van der Waals surface area contributed by atoms with Gasteiger partial charge in [-0.3, -0.25) is 4.79 Å². The van der Waals surface area contributed by atoms with E-state index in [9.17, 15) is 4.79 Å². The van der Waals surface area contributed by atoms with Crippen LogP contribution in [-0.4, -0.2) is 38.1 Å². The van der Waals surface area contributed by atoms with Crippen molar-refractivity contribution in [2.45, 2.75) is 65.6 Å². The Kier molecular flexibility index (Phi) is 6.39. The quantitative estimate of drug-likeness (QED) is 0.562. The number of carbonyl (C=O) groups excluding carboxylic acids is 1. The minimum atomic E-state index is -0.0610. The van der Waals surface area contributed by atoms with E-state index in [1.54, 1.807) is 6.07 Å². The number of likely N-dealkylation sites (tertiary alicyclic amines) is 1. The Labute approximate surface area is 183 Å². The molecule has 164 valence electrons. The van der Waals surface area contributed by atoms with Crippen LogP contribution in [0.5, 0.6) is 5.75 Å². The first-order chi connectivity index (χ1) is 15.0. The monoisotopic (exact) mass is 422 g/mol. The van der Waals surface area contributed by atoms with Gasteiger partial charge in [0, 0.05) is 37.6 Å². The number of aromatic nitrogens is 3. The van der Waals surface area contributed by atoms with Crippen LogP contribution < -0.4 is 4.74 Å². The summed E-state index contributed by atoms with van der Waals surface area (Å²) in [6.45, 7) is 7.89. The van der Waals surface area contributed by atoms with Gasteiger partial charge in [-0.15, -0.1) is 0 Å².